The third kappa shape index (κ3) is 3.13. The highest BCUT2D eigenvalue weighted by molar-refractivity contribution is 6.26. The molecule has 0 bridgehead atoms. The summed E-state index contributed by atoms with van der Waals surface area (Å²) in [5.74, 6) is -0.122. The maximum atomic E-state index is 12.9. The van der Waals surface area contributed by atoms with Crippen molar-refractivity contribution in [2.45, 2.75) is 26.3 Å². The number of anilines is 1. The number of nitrogens with one attached hydrogen (secondary N) is 1. The van der Waals surface area contributed by atoms with Crippen molar-refractivity contribution in [3.05, 3.63) is 72.2 Å². The van der Waals surface area contributed by atoms with Crippen LogP contribution >= 0.6 is 0 Å². The molecule has 0 radical (unpaired) electrons. The van der Waals surface area contributed by atoms with E-state index in [1.54, 1.807) is 6.20 Å². The second-order valence-corrected chi connectivity index (χ2v) is 8.96. The fourth-order valence-corrected chi connectivity index (χ4v) is 4.05. The Kier molecular flexibility index (Phi) is 4.37. The minimum atomic E-state index is -0.383. The summed E-state index contributed by atoms with van der Waals surface area (Å²) >= 11 is 0. The van der Waals surface area contributed by atoms with E-state index in [9.17, 15) is 9.59 Å². The van der Waals surface area contributed by atoms with E-state index in [0.29, 0.717) is 16.8 Å². The van der Waals surface area contributed by atoms with Crippen molar-refractivity contribution in [1.29, 1.82) is 0 Å². The highest BCUT2D eigenvalue weighted by Crippen LogP contribution is 2.37. The lowest BCUT2D eigenvalue weighted by molar-refractivity contribution is 0.0692. The summed E-state index contributed by atoms with van der Waals surface area (Å²) in [6.07, 6.45) is 3.63. The molecule has 0 saturated carbocycles. The van der Waals surface area contributed by atoms with Gasteiger partial charge in [-0.25, -0.2) is 9.67 Å². The third-order valence-corrected chi connectivity index (χ3v) is 5.49. The maximum Gasteiger partial charge on any atom is 0.280 e. The van der Waals surface area contributed by atoms with E-state index < -0.39 is 0 Å². The SMILES string of the molecule is CN1C(=O)c2nc(NC(C)(C)C)c3ccc(-c4ccccc4-n4cccn4)cc3c2C1=O. The topological polar surface area (TPSA) is 80.1 Å². The van der Waals surface area contributed by atoms with Crippen LogP contribution in [0.4, 0.5) is 5.82 Å². The van der Waals surface area contributed by atoms with Crippen LogP contribution in [0.3, 0.4) is 0 Å². The molecule has 7 heteroatoms. The molecule has 1 aliphatic rings. The van der Waals surface area contributed by atoms with Crippen LogP contribution < -0.4 is 5.32 Å². The summed E-state index contributed by atoms with van der Waals surface area (Å²) in [7, 11) is 1.49. The number of carbonyl (C=O) groups excluding carboxylic acids is 2. The molecule has 1 aliphatic heterocycles. The van der Waals surface area contributed by atoms with Gasteiger partial charge in [0.25, 0.3) is 11.8 Å². The number of rotatable bonds is 3. The minimum Gasteiger partial charge on any atom is -0.365 e. The molecule has 1 N–H and O–H groups in total. The van der Waals surface area contributed by atoms with E-state index in [2.05, 4.69) is 15.4 Å². The number of para-hydroxylation sites is 1. The number of amides is 2. The average Bonchev–Trinajstić information content (AvgIpc) is 3.37. The molecular weight excluding hydrogens is 402 g/mol. The number of fused-ring (bicyclic) bond motifs is 3. The molecule has 0 aliphatic carbocycles. The average molecular weight is 425 g/mol. The molecule has 2 amide bonds. The Labute approximate surface area is 185 Å². The van der Waals surface area contributed by atoms with Crippen LogP contribution in [0, 0.1) is 0 Å². The standard InChI is InChI=1S/C25H23N5O2/c1-25(2,3)28-22-17-11-10-15(16-8-5-6-9-19(16)30-13-7-12-26-30)14-18(17)20-21(27-22)24(32)29(4)23(20)31/h5-14H,1-4H3,(H,27,28). The summed E-state index contributed by atoms with van der Waals surface area (Å²) in [6.45, 7) is 6.09. The van der Waals surface area contributed by atoms with Crippen LogP contribution in [0.15, 0.2) is 60.9 Å². The van der Waals surface area contributed by atoms with Gasteiger partial charge in [0.05, 0.1) is 11.3 Å². The van der Waals surface area contributed by atoms with Crippen molar-refractivity contribution < 1.29 is 9.59 Å². The number of imide groups is 1. The predicted octanol–water partition coefficient (Wildman–Crippen LogP) is 4.52. The van der Waals surface area contributed by atoms with E-state index in [-0.39, 0.29) is 23.0 Å². The Morgan fingerprint density at radius 2 is 1.72 bits per heavy atom. The zero-order chi connectivity index (χ0) is 22.6. The number of nitrogens with zero attached hydrogens (tertiary/aromatic N) is 4. The van der Waals surface area contributed by atoms with Crippen LogP contribution in [0.25, 0.3) is 27.6 Å². The minimum absolute atomic E-state index is 0.189. The first-order valence-corrected chi connectivity index (χ1v) is 10.4. The van der Waals surface area contributed by atoms with Gasteiger partial charge in [-0.15, -0.1) is 0 Å². The monoisotopic (exact) mass is 425 g/mol. The number of benzene rings is 2. The fourth-order valence-electron chi connectivity index (χ4n) is 4.05. The first kappa shape index (κ1) is 19.9. The zero-order valence-corrected chi connectivity index (χ0v) is 18.4. The van der Waals surface area contributed by atoms with Crippen molar-refractivity contribution in [2.75, 3.05) is 12.4 Å². The van der Waals surface area contributed by atoms with Gasteiger partial charge in [-0.2, -0.15) is 5.10 Å². The Hall–Kier alpha value is -4.00. The Balaban J connectivity index is 1.79. The lowest BCUT2D eigenvalue weighted by Gasteiger charge is -2.23. The maximum absolute atomic E-state index is 12.9. The highest BCUT2D eigenvalue weighted by Gasteiger charge is 2.37. The van der Waals surface area contributed by atoms with E-state index in [0.717, 1.165) is 27.1 Å². The first-order valence-electron chi connectivity index (χ1n) is 10.4. The van der Waals surface area contributed by atoms with Gasteiger partial charge in [-0.05, 0) is 44.5 Å². The summed E-state index contributed by atoms with van der Waals surface area (Å²) in [5, 5.41) is 9.27. The molecule has 5 rings (SSSR count). The van der Waals surface area contributed by atoms with Crippen LogP contribution in [0.5, 0.6) is 0 Å². The smallest absolute Gasteiger partial charge is 0.280 e. The van der Waals surface area contributed by atoms with Gasteiger partial charge in [0.2, 0.25) is 0 Å². The summed E-state index contributed by atoms with van der Waals surface area (Å²) in [5.41, 5.74) is 3.10. The van der Waals surface area contributed by atoms with Crippen LogP contribution in [0.1, 0.15) is 41.6 Å². The number of hydrogen-bond acceptors (Lipinski definition) is 5. The van der Waals surface area contributed by atoms with Gasteiger partial charge >= 0.3 is 0 Å². The largest absolute Gasteiger partial charge is 0.365 e. The van der Waals surface area contributed by atoms with Crippen molar-refractivity contribution in [3.63, 3.8) is 0 Å². The second kappa shape index (κ2) is 7.02. The quantitative estimate of drug-likeness (QED) is 0.488. The molecule has 2 aromatic heterocycles. The van der Waals surface area contributed by atoms with Crippen LogP contribution in [-0.4, -0.2) is 44.1 Å². The third-order valence-electron chi connectivity index (χ3n) is 5.49. The second-order valence-electron chi connectivity index (χ2n) is 8.96. The molecular formula is C25H23N5O2. The van der Waals surface area contributed by atoms with Crippen LogP contribution in [-0.2, 0) is 0 Å². The lowest BCUT2D eigenvalue weighted by Crippen LogP contribution is -2.27. The number of carbonyl (C=O) groups is 2. The van der Waals surface area contributed by atoms with Crippen molar-refractivity contribution >= 4 is 28.4 Å². The molecule has 32 heavy (non-hydrogen) atoms. The molecule has 160 valence electrons. The molecule has 2 aromatic carbocycles. The van der Waals surface area contributed by atoms with Gasteiger partial charge in [0.1, 0.15) is 11.5 Å². The van der Waals surface area contributed by atoms with Crippen LogP contribution in [0.2, 0.25) is 0 Å². The van der Waals surface area contributed by atoms with Gasteiger partial charge in [0.15, 0.2) is 0 Å². The number of aromatic nitrogens is 3. The summed E-state index contributed by atoms with van der Waals surface area (Å²) in [6, 6.07) is 15.8. The van der Waals surface area contributed by atoms with Gasteiger partial charge in [-0.3, -0.25) is 14.5 Å². The van der Waals surface area contributed by atoms with Crippen molar-refractivity contribution in [3.8, 4) is 16.8 Å². The van der Waals surface area contributed by atoms with Gasteiger partial charge in [0, 0.05) is 41.3 Å². The zero-order valence-electron chi connectivity index (χ0n) is 18.4. The molecule has 0 unspecified atom stereocenters. The number of pyridine rings is 1. The Morgan fingerprint density at radius 1 is 0.938 bits per heavy atom. The fraction of sp³-hybridized carbons (Fsp3) is 0.200. The first-order chi connectivity index (χ1) is 15.2. The summed E-state index contributed by atoms with van der Waals surface area (Å²) < 4.78 is 1.81. The van der Waals surface area contributed by atoms with Crippen molar-refractivity contribution in [2.24, 2.45) is 0 Å². The van der Waals surface area contributed by atoms with Gasteiger partial charge in [-0.1, -0.05) is 30.3 Å². The molecule has 0 fully saturated rings. The molecule has 3 heterocycles. The normalized spacial score (nSPS) is 13.7. The van der Waals surface area contributed by atoms with E-state index >= 15 is 0 Å². The van der Waals surface area contributed by atoms with Gasteiger partial charge < -0.3 is 5.32 Å². The Morgan fingerprint density at radius 3 is 2.44 bits per heavy atom. The van der Waals surface area contributed by atoms with E-state index in [1.165, 1.54) is 7.05 Å². The molecule has 0 saturated heterocycles. The molecule has 0 spiro atoms. The predicted molar refractivity (Wildman–Crippen MR) is 124 cm³/mol. The summed E-state index contributed by atoms with van der Waals surface area (Å²) in [4.78, 5) is 31.4. The lowest BCUT2D eigenvalue weighted by atomic mass is 9.96. The van der Waals surface area contributed by atoms with Crippen molar-refractivity contribution in [1.82, 2.24) is 19.7 Å². The molecule has 4 aromatic rings. The molecule has 7 nitrogen and oxygen atoms in total. The van der Waals surface area contributed by atoms with E-state index in [4.69, 9.17) is 0 Å². The van der Waals surface area contributed by atoms with E-state index in [1.807, 2.05) is 80.2 Å². The Bertz CT molecular complexity index is 1380. The molecule has 0 atom stereocenters. The highest BCUT2D eigenvalue weighted by atomic mass is 16.2. The number of hydrogen-bond donors (Lipinski definition) is 1.